The number of aryl methyl sites for hydroxylation is 1. The van der Waals surface area contributed by atoms with Crippen LogP contribution in [0.4, 0.5) is 0 Å². The Morgan fingerprint density at radius 2 is 2.10 bits per heavy atom. The summed E-state index contributed by atoms with van der Waals surface area (Å²) in [6, 6.07) is 7.88. The third-order valence-electron chi connectivity index (χ3n) is 2.52. The first kappa shape index (κ1) is 14.6. The topological polar surface area (TPSA) is 65.2 Å². The van der Waals surface area contributed by atoms with Crippen molar-refractivity contribution in [2.24, 2.45) is 0 Å². The molecule has 0 aliphatic carbocycles. The summed E-state index contributed by atoms with van der Waals surface area (Å²) in [4.78, 5) is 15.5. The van der Waals surface area contributed by atoms with Gasteiger partial charge in [-0.3, -0.25) is 4.79 Å². The summed E-state index contributed by atoms with van der Waals surface area (Å²) in [6.45, 7) is 4.21. The molecule has 0 radical (unpaired) electrons. The molecule has 0 saturated carbocycles. The third-order valence-corrected chi connectivity index (χ3v) is 3.43. The first-order chi connectivity index (χ1) is 9.69. The van der Waals surface area contributed by atoms with Crippen molar-refractivity contribution in [2.75, 3.05) is 12.4 Å². The van der Waals surface area contributed by atoms with Crippen LogP contribution in [0.25, 0.3) is 11.5 Å². The fourth-order valence-electron chi connectivity index (χ4n) is 1.55. The normalized spacial score (nSPS) is 10.5. The van der Waals surface area contributed by atoms with Crippen molar-refractivity contribution in [3.63, 3.8) is 0 Å². The van der Waals surface area contributed by atoms with E-state index in [9.17, 15) is 4.79 Å². The first-order valence-electron chi connectivity index (χ1n) is 6.32. The van der Waals surface area contributed by atoms with Crippen LogP contribution in [-0.2, 0) is 15.3 Å². The third kappa shape index (κ3) is 4.09. The molecule has 0 spiro atoms. The molecule has 0 unspecified atom stereocenters. The van der Waals surface area contributed by atoms with E-state index in [-0.39, 0.29) is 5.97 Å². The summed E-state index contributed by atoms with van der Waals surface area (Å²) in [7, 11) is 0. The van der Waals surface area contributed by atoms with Crippen molar-refractivity contribution in [1.82, 2.24) is 10.1 Å². The lowest BCUT2D eigenvalue weighted by molar-refractivity contribution is -0.139. The molecular formula is C14H16N2O3S. The second-order valence-electron chi connectivity index (χ2n) is 4.18. The summed E-state index contributed by atoms with van der Waals surface area (Å²) < 4.78 is 10.0. The second-order valence-corrected chi connectivity index (χ2v) is 5.17. The lowest BCUT2D eigenvalue weighted by atomic mass is 10.1. The minimum Gasteiger partial charge on any atom is -0.465 e. The van der Waals surface area contributed by atoms with Crippen LogP contribution in [0.2, 0.25) is 0 Å². The number of hydrogen-bond acceptors (Lipinski definition) is 6. The lowest BCUT2D eigenvalue weighted by Gasteiger charge is -1.99. The zero-order valence-corrected chi connectivity index (χ0v) is 12.3. The average Bonchev–Trinajstić information content (AvgIpc) is 2.89. The molecule has 0 atom stereocenters. The van der Waals surface area contributed by atoms with Crippen molar-refractivity contribution in [2.45, 2.75) is 19.6 Å². The molecule has 20 heavy (non-hydrogen) atoms. The number of nitrogens with zero attached hydrogens (tertiary/aromatic N) is 2. The Morgan fingerprint density at radius 3 is 2.80 bits per heavy atom. The molecule has 5 nitrogen and oxygen atoms in total. The molecule has 6 heteroatoms. The van der Waals surface area contributed by atoms with Crippen LogP contribution in [0.1, 0.15) is 18.3 Å². The maximum absolute atomic E-state index is 11.2. The maximum Gasteiger partial charge on any atom is 0.315 e. The highest BCUT2D eigenvalue weighted by Crippen LogP contribution is 2.19. The molecule has 2 aromatic rings. The number of thioether (sulfide) groups is 1. The van der Waals surface area contributed by atoms with E-state index in [2.05, 4.69) is 10.1 Å². The van der Waals surface area contributed by atoms with Gasteiger partial charge in [0.05, 0.1) is 18.1 Å². The SMILES string of the molecule is CCOC(=O)CSCc1noc(-c2ccc(C)cc2)n1. The monoisotopic (exact) mass is 292 g/mol. The van der Waals surface area contributed by atoms with Gasteiger partial charge in [-0.1, -0.05) is 22.9 Å². The highest BCUT2D eigenvalue weighted by atomic mass is 32.2. The van der Waals surface area contributed by atoms with Crippen LogP contribution in [0.15, 0.2) is 28.8 Å². The maximum atomic E-state index is 11.2. The summed E-state index contributed by atoms with van der Waals surface area (Å²) in [5.74, 6) is 1.67. The van der Waals surface area contributed by atoms with E-state index in [4.69, 9.17) is 9.26 Å². The molecule has 106 valence electrons. The van der Waals surface area contributed by atoms with Crippen molar-refractivity contribution in [3.05, 3.63) is 35.7 Å². The van der Waals surface area contributed by atoms with E-state index in [1.807, 2.05) is 31.2 Å². The number of hydrogen-bond donors (Lipinski definition) is 0. The molecule has 0 aliphatic heterocycles. The van der Waals surface area contributed by atoms with E-state index >= 15 is 0 Å². The van der Waals surface area contributed by atoms with E-state index in [1.165, 1.54) is 17.3 Å². The smallest absolute Gasteiger partial charge is 0.315 e. The van der Waals surface area contributed by atoms with Crippen LogP contribution in [0.5, 0.6) is 0 Å². The van der Waals surface area contributed by atoms with Crippen LogP contribution in [-0.4, -0.2) is 28.5 Å². The lowest BCUT2D eigenvalue weighted by Crippen LogP contribution is -2.06. The second kappa shape index (κ2) is 7.09. The highest BCUT2D eigenvalue weighted by Gasteiger charge is 2.09. The Morgan fingerprint density at radius 1 is 1.35 bits per heavy atom. The molecule has 1 heterocycles. The molecule has 2 rings (SSSR count). The van der Waals surface area contributed by atoms with Gasteiger partial charge in [0.1, 0.15) is 0 Å². The van der Waals surface area contributed by atoms with Gasteiger partial charge < -0.3 is 9.26 Å². The Hall–Kier alpha value is -1.82. The van der Waals surface area contributed by atoms with E-state index in [0.717, 1.165) is 5.56 Å². The van der Waals surface area contributed by atoms with Crippen molar-refractivity contribution in [1.29, 1.82) is 0 Å². The standard InChI is InChI=1S/C14H16N2O3S/c1-3-18-13(17)9-20-8-12-15-14(19-16-12)11-6-4-10(2)5-7-11/h4-7H,3,8-9H2,1-2H3. The minimum atomic E-state index is -0.222. The molecule has 0 bridgehead atoms. The van der Waals surface area contributed by atoms with Crippen molar-refractivity contribution >= 4 is 17.7 Å². The Bertz CT molecular complexity index is 566. The number of carbonyl (C=O) groups is 1. The van der Waals surface area contributed by atoms with Gasteiger partial charge in [-0.05, 0) is 26.0 Å². The molecule has 0 saturated heterocycles. The zero-order chi connectivity index (χ0) is 14.4. The van der Waals surface area contributed by atoms with Crippen LogP contribution in [0.3, 0.4) is 0 Å². The van der Waals surface area contributed by atoms with Gasteiger partial charge in [0.2, 0.25) is 0 Å². The van der Waals surface area contributed by atoms with Gasteiger partial charge in [0, 0.05) is 5.56 Å². The van der Waals surface area contributed by atoms with Gasteiger partial charge >= 0.3 is 5.97 Å². The number of benzene rings is 1. The number of rotatable bonds is 6. The van der Waals surface area contributed by atoms with E-state index in [1.54, 1.807) is 6.92 Å². The van der Waals surface area contributed by atoms with E-state index < -0.39 is 0 Å². The average molecular weight is 292 g/mol. The number of esters is 1. The summed E-state index contributed by atoms with van der Waals surface area (Å²) in [6.07, 6.45) is 0. The fraction of sp³-hybridized carbons (Fsp3) is 0.357. The summed E-state index contributed by atoms with van der Waals surface area (Å²) in [5, 5.41) is 3.90. The minimum absolute atomic E-state index is 0.222. The number of aromatic nitrogens is 2. The van der Waals surface area contributed by atoms with Gasteiger partial charge in [-0.15, -0.1) is 11.8 Å². The molecule has 0 fully saturated rings. The molecule has 0 N–H and O–H groups in total. The Labute approximate surface area is 121 Å². The quantitative estimate of drug-likeness (QED) is 0.763. The van der Waals surface area contributed by atoms with Crippen molar-refractivity contribution in [3.8, 4) is 11.5 Å². The van der Waals surface area contributed by atoms with Gasteiger partial charge in [-0.25, -0.2) is 0 Å². The van der Waals surface area contributed by atoms with Crippen LogP contribution >= 0.6 is 11.8 Å². The Balaban J connectivity index is 1.89. The molecule has 0 aliphatic rings. The molecule has 1 aromatic heterocycles. The van der Waals surface area contributed by atoms with Crippen molar-refractivity contribution < 1.29 is 14.1 Å². The summed E-state index contributed by atoms with van der Waals surface area (Å²) in [5.41, 5.74) is 2.07. The predicted octanol–water partition coefficient (Wildman–Crippen LogP) is 2.84. The molecule has 1 aromatic carbocycles. The number of carbonyl (C=O) groups excluding carboxylic acids is 1. The zero-order valence-electron chi connectivity index (χ0n) is 11.5. The highest BCUT2D eigenvalue weighted by molar-refractivity contribution is 7.99. The Kier molecular flexibility index (Phi) is 5.17. The van der Waals surface area contributed by atoms with Gasteiger partial charge in [0.15, 0.2) is 5.82 Å². The first-order valence-corrected chi connectivity index (χ1v) is 7.47. The van der Waals surface area contributed by atoms with Crippen LogP contribution in [0, 0.1) is 6.92 Å². The fourth-order valence-corrected chi connectivity index (χ4v) is 2.21. The predicted molar refractivity (Wildman–Crippen MR) is 77.3 cm³/mol. The molecular weight excluding hydrogens is 276 g/mol. The summed E-state index contributed by atoms with van der Waals surface area (Å²) >= 11 is 1.41. The molecule has 0 amide bonds. The van der Waals surface area contributed by atoms with Crippen LogP contribution < -0.4 is 0 Å². The number of ether oxygens (including phenoxy) is 1. The van der Waals surface area contributed by atoms with Gasteiger partial charge in [-0.2, -0.15) is 4.98 Å². The van der Waals surface area contributed by atoms with Gasteiger partial charge in [0.25, 0.3) is 5.89 Å². The van der Waals surface area contributed by atoms with E-state index in [0.29, 0.717) is 29.8 Å². The largest absolute Gasteiger partial charge is 0.465 e.